The summed E-state index contributed by atoms with van der Waals surface area (Å²) in [6.45, 7) is 0. The molecule has 3 rings (SSSR count). The molecule has 0 spiro atoms. The van der Waals surface area contributed by atoms with E-state index in [0.29, 0.717) is 18.1 Å². The van der Waals surface area contributed by atoms with Crippen molar-refractivity contribution in [2.45, 2.75) is 76.4 Å². The lowest BCUT2D eigenvalue weighted by Crippen LogP contribution is -2.49. The lowest BCUT2D eigenvalue weighted by Gasteiger charge is -2.36. The van der Waals surface area contributed by atoms with Crippen LogP contribution in [0, 0.1) is 23.7 Å². The summed E-state index contributed by atoms with van der Waals surface area (Å²) in [5.74, 6) is 9.53. The van der Waals surface area contributed by atoms with Crippen LogP contribution >= 0.6 is 0 Å². The van der Waals surface area contributed by atoms with Crippen LogP contribution in [0.3, 0.4) is 0 Å². The van der Waals surface area contributed by atoms with Crippen LogP contribution in [0.2, 0.25) is 0 Å². The van der Waals surface area contributed by atoms with Crippen molar-refractivity contribution in [2.24, 2.45) is 29.5 Å². The zero-order valence-corrected chi connectivity index (χ0v) is 13.0. The summed E-state index contributed by atoms with van der Waals surface area (Å²) in [6.07, 6.45) is 14.2. The lowest BCUT2D eigenvalue weighted by molar-refractivity contribution is -0.000272. The highest BCUT2D eigenvalue weighted by Crippen LogP contribution is 2.50. The Morgan fingerprint density at radius 1 is 1.10 bits per heavy atom. The zero-order chi connectivity index (χ0) is 13.9. The number of ether oxygens (including phenoxy) is 1. The quantitative estimate of drug-likeness (QED) is 0.580. The van der Waals surface area contributed by atoms with Crippen LogP contribution < -0.4 is 11.3 Å². The first-order chi connectivity index (χ1) is 9.81. The van der Waals surface area contributed by atoms with E-state index in [2.05, 4.69) is 5.43 Å². The maximum absolute atomic E-state index is 5.90. The fourth-order valence-corrected chi connectivity index (χ4v) is 5.44. The minimum absolute atomic E-state index is 0.319. The first-order valence-corrected chi connectivity index (χ1v) is 8.80. The number of hydrogen-bond acceptors (Lipinski definition) is 3. The van der Waals surface area contributed by atoms with Crippen molar-refractivity contribution in [3.05, 3.63) is 0 Å². The summed E-state index contributed by atoms with van der Waals surface area (Å²) < 4.78 is 5.89. The van der Waals surface area contributed by atoms with Crippen LogP contribution in [0.25, 0.3) is 0 Å². The normalized spacial score (nSPS) is 37.2. The van der Waals surface area contributed by atoms with Gasteiger partial charge >= 0.3 is 0 Å². The van der Waals surface area contributed by atoms with Gasteiger partial charge in [-0.3, -0.25) is 11.3 Å². The molecule has 3 nitrogen and oxygen atoms in total. The second-order valence-electron chi connectivity index (χ2n) is 7.54. The Kier molecular flexibility index (Phi) is 5.00. The van der Waals surface area contributed by atoms with Gasteiger partial charge in [0.15, 0.2) is 0 Å². The number of hydrazine groups is 1. The van der Waals surface area contributed by atoms with Gasteiger partial charge in [0, 0.05) is 13.2 Å². The van der Waals surface area contributed by atoms with Crippen LogP contribution in [0.4, 0.5) is 0 Å². The van der Waals surface area contributed by atoms with Gasteiger partial charge < -0.3 is 4.74 Å². The molecular formula is C17H32N2O. The van der Waals surface area contributed by atoms with Crippen molar-refractivity contribution in [1.29, 1.82) is 0 Å². The van der Waals surface area contributed by atoms with E-state index in [1.807, 2.05) is 7.11 Å². The molecular weight excluding hydrogens is 248 g/mol. The molecule has 0 heterocycles. The molecule has 3 fully saturated rings. The van der Waals surface area contributed by atoms with Gasteiger partial charge in [0.2, 0.25) is 0 Å². The number of nitrogens with one attached hydrogen (secondary N) is 1. The topological polar surface area (TPSA) is 47.3 Å². The molecule has 0 aromatic rings. The molecule has 5 unspecified atom stereocenters. The summed E-state index contributed by atoms with van der Waals surface area (Å²) in [4.78, 5) is 0. The summed E-state index contributed by atoms with van der Waals surface area (Å²) in [5, 5.41) is 0. The van der Waals surface area contributed by atoms with E-state index < -0.39 is 0 Å². The Morgan fingerprint density at radius 3 is 2.45 bits per heavy atom. The predicted molar refractivity (Wildman–Crippen MR) is 82.0 cm³/mol. The average molecular weight is 280 g/mol. The number of rotatable bonds is 6. The van der Waals surface area contributed by atoms with Gasteiger partial charge in [-0.1, -0.05) is 25.7 Å². The van der Waals surface area contributed by atoms with Gasteiger partial charge in [0.1, 0.15) is 0 Å². The Balaban J connectivity index is 1.58. The van der Waals surface area contributed by atoms with E-state index in [-0.39, 0.29) is 0 Å². The minimum Gasteiger partial charge on any atom is -0.379 e. The van der Waals surface area contributed by atoms with Crippen LogP contribution in [0.15, 0.2) is 0 Å². The second-order valence-corrected chi connectivity index (χ2v) is 7.54. The number of methoxy groups -OCH3 is 1. The van der Waals surface area contributed by atoms with Crippen LogP contribution in [0.5, 0.6) is 0 Å². The summed E-state index contributed by atoms with van der Waals surface area (Å²) in [7, 11) is 1.88. The summed E-state index contributed by atoms with van der Waals surface area (Å²) in [5.41, 5.74) is 3.11. The van der Waals surface area contributed by atoms with E-state index in [4.69, 9.17) is 10.6 Å². The van der Waals surface area contributed by atoms with Crippen molar-refractivity contribution in [3.63, 3.8) is 0 Å². The van der Waals surface area contributed by atoms with Crippen molar-refractivity contribution in [1.82, 2.24) is 5.43 Å². The van der Waals surface area contributed by atoms with Crippen LogP contribution in [0.1, 0.15) is 64.2 Å². The molecule has 5 atom stereocenters. The largest absolute Gasteiger partial charge is 0.379 e. The third-order valence-electron chi connectivity index (χ3n) is 6.44. The summed E-state index contributed by atoms with van der Waals surface area (Å²) >= 11 is 0. The SMILES string of the molecule is COC(C1CCCCC1)C(CC1CC2CCC1C2)NN. The van der Waals surface area contributed by atoms with Gasteiger partial charge in [0.05, 0.1) is 6.10 Å². The average Bonchev–Trinajstić information content (AvgIpc) is 3.10. The molecule has 0 aromatic heterocycles. The Hall–Kier alpha value is -0.120. The molecule has 0 aromatic carbocycles. The third-order valence-corrected chi connectivity index (χ3v) is 6.44. The molecule has 20 heavy (non-hydrogen) atoms. The molecule has 3 aliphatic rings. The van der Waals surface area contributed by atoms with Crippen LogP contribution in [-0.4, -0.2) is 19.3 Å². The molecule has 2 bridgehead atoms. The molecule has 3 N–H and O–H groups in total. The van der Waals surface area contributed by atoms with E-state index in [9.17, 15) is 0 Å². The molecule has 0 saturated heterocycles. The smallest absolute Gasteiger partial charge is 0.0765 e. The number of fused-ring (bicyclic) bond motifs is 2. The van der Waals surface area contributed by atoms with Crippen LogP contribution in [-0.2, 0) is 4.74 Å². The van der Waals surface area contributed by atoms with Crippen molar-refractivity contribution < 1.29 is 4.74 Å². The molecule has 116 valence electrons. The Morgan fingerprint density at radius 2 is 1.90 bits per heavy atom. The van der Waals surface area contributed by atoms with E-state index >= 15 is 0 Å². The molecule has 3 saturated carbocycles. The molecule has 3 aliphatic carbocycles. The van der Waals surface area contributed by atoms with Gasteiger partial charge in [-0.15, -0.1) is 0 Å². The highest BCUT2D eigenvalue weighted by Gasteiger charge is 2.41. The maximum atomic E-state index is 5.90. The molecule has 0 radical (unpaired) electrons. The van der Waals surface area contributed by atoms with E-state index in [1.54, 1.807) is 0 Å². The van der Waals surface area contributed by atoms with E-state index in [0.717, 1.165) is 17.8 Å². The monoisotopic (exact) mass is 280 g/mol. The van der Waals surface area contributed by atoms with Crippen molar-refractivity contribution in [3.8, 4) is 0 Å². The Bertz CT molecular complexity index is 303. The van der Waals surface area contributed by atoms with Gasteiger partial charge in [0.25, 0.3) is 0 Å². The van der Waals surface area contributed by atoms with Crippen molar-refractivity contribution in [2.75, 3.05) is 7.11 Å². The zero-order valence-electron chi connectivity index (χ0n) is 13.0. The molecule has 3 heteroatoms. The minimum atomic E-state index is 0.319. The number of hydrogen-bond donors (Lipinski definition) is 2. The second kappa shape index (κ2) is 6.76. The molecule has 0 amide bonds. The highest BCUT2D eigenvalue weighted by molar-refractivity contribution is 4.94. The maximum Gasteiger partial charge on any atom is 0.0765 e. The first-order valence-electron chi connectivity index (χ1n) is 8.80. The highest BCUT2D eigenvalue weighted by atomic mass is 16.5. The summed E-state index contributed by atoms with van der Waals surface area (Å²) in [6, 6.07) is 0.354. The lowest BCUT2D eigenvalue weighted by atomic mass is 9.78. The fraction of sp³-hybridized carbons (Fsp3) is 1.00. The van der Waals surface area contributed by atoms with Gasteiger partial charge in [-0.05, 0) is 62.2 Å². The third kappa shape index (κ3) is 3.05. The Labute approximate surface area is 124 Å². The van der Waals surface area contributed by atoms with Crippen molar-refractivity contribution >= 4 is 0 Å². The predicted octanol–water partition coefficient (Wildman–Crippen LogP) is 3.24. The van der Waals surface area contributed by atoms with E-state index in [1.165, 1.54) is 64.2 Å². The molecule has 0 aliphatic heterocycles. The fourth-order valence-electron chi connectivity index (χ4n) is 5.44. The number of nitrogens with two attached hydrogens (primary N) is 1. The van der Waals surface area contributed by atoms with Gasteiger partial charge in [-0.2, -0.15) is 0 Å². The van der Waals surface area contributed by atoms with Gasteiger partial charge in [-0.25, -0.2) is 0 Å². The first kappa shape index (κ1) is 14.8. The standard InChI is InChI=1S/C17H32N2O/c1-20-17(13-5-3-2-4-6-13)16(19-18)11-15-10-12-7-8-14(15)9-12/h12-17,19H,2-11,18H2,1H3.